The Kier molecular flexibility index (Phi) is 8.20. The van der Waals surface area contributed by atoms with Crippen LogP contribution in [-0.4, -0.2) is 63.4 Å². The van der Waals surface area contributed by atoms with Crippen molar-refractivity contribution < 1.29 is 32.3 Å². The van der Waals surface area contributed by atoms with Crippen molar-refractivity contribution in [3.8, 4) is 0 Å². The van der Waals surface area contributed by atoms with E-state index >= 15 is 0 Å². The van der Waals surface area contributed by atoms with Gasteiger partial charge in [0.2, 0.25) is 0 Å². The molecule has 0 radical (unpaired) electrons. The lowest BCUT2D eigenvalue weighted by Crippen LogP contribution is -2.32. The van der Waals surface area contributed by atoms with Gasteiger partial charge in [-0.25, -0.2) is 14.5 Å². The predicted molar refractivity (Wildman–Crippen MR) is 126 cm³/mol. The molecule has 0 spiro atoms. The summed E-state index contributed by atoms with van der Waals surface area (Å²) < 4.78 is 50.9. The van der Waals surface area contributed by atoms with Gasteiger partial charge in [-0.05, 0) is 26.7 Å². The molecule has 190 valence electrons. The second-order valence-electron chi connectivity index (χ2n) is 8.80. The molecule has 2 aliphatic heterocycles. The van der Waals surface area contributed by atoms with Crippen LogP contribution in [0.2, 0.25) is 0 Å². The molecule has 0 aromatic carbocycles. The zero-order valence-electron chi connectivity index (χ0n) is 20.0. The number of phosphoric acid groups is 1. The third-order valence-corrected chi connectivity index (χ3v) is 7.43. The van der Waals surface area contributed by atoms with Gasteiger partial charge in [-0.15, -0.1) is 0 Å². The van der Waals surface area contributed by atoms with Crippen LogP contribution < -0.4 is 0 Å². The first-order valence-corrected chi connectivity index (χ1v) is 13.6. The third-order valence-electron chi connectivity index (χ3n) is 5.67. The quantitative estimate of drug-likeness (QED) is 0.242. The molecule has 0 aliphatic carbocycles. The Morgan fingerprint density at radius 3 is 2.47 bits per heavy atom. The van der Waals surface area contributed by atoms with E-state index in [4.69, 9.17) is 40.0 Å². The number of nitrogens with zero attached hydrogens (tertiary/aromatic N) is 3. The molecule has 4 rings (SSSR count). The fourth-order valence-corrected chi connectivity index (χ4v) is 5.46. The number of rotatable bonds is 12. The summed E-state index contributed by atoms with van der Waals surface area (Å²) in [6.45, 7) is 8.29. The van der Waals surface area contributed by atoms with Gasteiger partial charge < -0.3 is 19.2 Å². The molecule has 1 N–H and O–H groups in total. The molecule has 4 atom stereocenters. The normalized spacial score (nSPS) is 26.4. The van der Waals surface area contributed by atoms with Crippen molar-refractivity contribution in [2.45, 2.75) is 83.7 Å². The van der Waals surface area contributed by atoms with E-state index < -0.39 is 38.1 Å². The number of hydrogen-bond acceptors (Lipinski definition) is 10. The van der Waals surface area contributed by atoms with Crippen molar-refractivity contribution in [3.05, 3.63) is 17.3 Å². The van der Waals surface area contributed by atoms with Crippen LogP contribution in [0.3, 0.4) is 0 Å². The number of imidazole rings is 1. The van der Waals surface area contributed by atoms with Crippen LogP contribution in [0.4, 0.5) is 0 Å². The lowest BCUT2D eigenvalue weighted by molar-refractivity contribution is -0.199. The zero-order valence-corrected chi connectivity index (χ0v) is 21.7. The van der Waals surface area contributed by atoms with Crippen LogP contribution in [0.1, 0.15) is 59.6 Å². The van der Waals surface area contributed by atoms with Crippen LogP contribution in [-0.2, 0) is 32.3 Å². The largest absolute Gasteiger partial charge is 0.474 e. The fourth-order valence-electron chi connectivity index (χ4n) is 4.00. The monoisotopic (exact) mass is 516 g/mol. The summed E-state index contributed by atoms with van der Waals surface area (Å²) in [4.78, 5) is 11.5. The SMILES string of the molecule is CCCCOP(=O)(OCCCC)OCC1OC(n2cnc3c(=S)nc[nH]c32)C2OC(C)(C)OC12. The molecule has 2 aliphatic rings. The molecule has 2 aromatic rings. The maximum atomic E-state index is 13.2. The van der Waals surface area contributed by atoms with E-state index in [0.717, 1.165) is 25.7 Å². The van der Waals surface area contributed by atoms with Gasteiger partial charge in [-0.1, -0.05) is 38.9 Å². The molecule has 2 saturated heterocycles. The van der Waals surface area contributed by atoms with Crippen molar-refractivity contribution in [1.29, 1.82) is 0 Å². The number of phosphoric ester groups is 1. The number of aromatic nitrogens is 4. The Bertz CT molecular complexity index is 1060. The smallest absolute Gasteiger partial charge is 0.347 e. The second kappa shape index (κ2) is 10.8. The number of unbranched alkanes of at least 4 members (excludes halogenated alkanes) is 2. The Labute approximate surface area is 204 Å². The van der Waals surface area contributed by atoms with Gasteiger partial charge in [0.25, 0.3) is 0 Å². The van der Waals surface area contributed by atoms with Gasteiger partial charge >= 0.3 is 7.82 Å². The molecular weight excluding hydrogens is 483 g/mol. The highest BCUT2D eigenvalue weighted by atomic mass is 32.1. The maximum Gasteiger partial charge on any atom is 0.474 e. The lowest BCUT2D eigenvalue weighted by atomic mass is 10.1. The number of hydrogen-bond donors (Lipinski definition) is 1. The topological polar surface area (TPSA) is 119 Å². The number of aromatic amines is 1. The van der Waals surface area contributed by atoms with Gasteiger partial charge in [0, 0.05) is 0 Å². The summed E-state index contributed by atoms with van der Waals surface area (Å²) >= 11 is 5.28. The van der Waals surface area contributed by atoms with E-state index in [2.05, 4.69) is 15.0 Å². The van der Waals surface area contributed by atoms with Crippen molar-refractivity contribution in [2.24, 2.45) is 0 Å². The molecule has 11 nitrogen and oxygen atoms in total. The molecule has 2 fully saturated rings. The third kappa shape index (κ3) is 5.60. The highest BCUT2D eigenvalue weighted by Gasteiger charge is 2.56. The van der Waals surface area contributed by atoms with E-state index in [-0.39, 0.29) is 6.61 Å². The zero-order chi connectivity index (χ0) is 24.3. The van der Waals surface area contributed by atoms with Crippen LogP contribution in [0.5, 0.6) is 0 Å². The van der Waals surface area contributed by atoms with Crippen molar-refractivity contribution in [2.75, 3.05) is 19.8 Å². The van der Waals surface area contributed by atoms with Crippen molar-refractivity contribution >= 4 is 31.2 Å². The molecule has 0 saturated carbocycles. The minimum absolute atomic E-state index is 0.0448. The first-order chi connectivity index (χ1) is 16.3. The molecule has 13 heteroatoms. The van der Waals surface area contributed by atoms with E-state index in [1.165, 1.54) is 6.33 Å². The predicted octanol–water partition coefficient (Wildman–Crippen LogP) is 4.66. The van der Waals surface area contributed by atoms with Crippen LogP contribution in [0.25, 0.3) is 11.2 Å². The fraction of sp³-hybridized carbons (Fsp3) is 0.762. The first-order valence-electron chi connectivity index (χ1n) is 11.7. The standard InChI is InChI=1S/C21H33N4O7PS/c1-5-7-9-27-33(26,28-10-8-6-2)29-11-14-16-17(32-21(3,4)31-16)20(30-14)25-13-24-15-18(25)22-12-23-19(15)34/h12-14,16-17,20H,5-11H2,1-4H3,(H,22,23,34). The van der Waals surface area contributed by atoms with E-state index in [1.807, 2.05) is 32.3 Å². The molecule has 4 heterocycles. The van der Waals surface area contributed by atoms with Gasteiger partial charge in [-0.2, -0.15) is 0 Å². The van der Waals surface area contributed by atoms with Gasteiger partial charge in [0.15, 0.2) is 16.7 Å². The Morgan fingerprint density at radius 1 is 1.12 bits per heavy atom. The highest BCUT2D eigenvalue weighted by molar-refractivity contribution is 7.71. The van der Waals surface area contributed by atoms with Crippen LogP contribution in [0.15, 0.2) is 12.7 Å². The summed E-state index contributed by atoms with van der Waals surface area (Å²) in [5.41, 5.74) is 1.23. The van der Waals surface area contributed by atoms with Crippen molar-refractivity contribution in [3.63, 3.8) is 0 Å². The summed E-state index contributed by atoms with van der Waals surface area (Å²) in [6.07, 6.45) is 4.43. The van der Waals surface area contributed by atoms with Gasteiger partial charge in [0.1, 0.15) is 29.5 Å². The Morgan fingerprint density at radius 2 is 1.79 bits per heavy atom. The summed E-state index contributed by atoms with van der Waals surface area (Å²) in [7, 11) is -3.75. The average Bonchev–Trinajstić information content (AvgIpc) is 3.44. The minimum atomic E-state index is -3.75. The molecule has 34 heavy (non-hydrogen) atoms. The first kappa shape index (κ1) is 25.8. The van der Waals surface area contributed by atoms with Gasteiger partial charge in [0.05, 0.1) is 32.5 Å². The van der Waals surface area contributed by atoms with Crippen LogP contribution >= 0.6 is 20.0 Å². The minimum Gasteiger partial charge on any atom is -0.347 e. The number of H-pyrrole nitrogens is 1. The number of fused-ring (bicyclic) bond motifs is 2. The van der Waals surface area contributed by atoms with Gasteiger partial charge in [-0.3, -0.25) is 18.1 Å². The maximum absolute atomic E-state index is 13.2. The molecule has 0 bridgehead atoms. The van der Waals surface area contributed by atoms with E-state index in [9.17, 15) is 4.57 Å². The number of ether oxygens (including phenoxy) is 3. The summed E-state index contributed by atoms with van der Waals surface area (Å²) in [5, 5.41) is 0. The second-order valence-corrected chi connectivity index (χ2v) is 10.9. The Balaban J connectivity index is 1.52. The highest BCUT2D eigenvalue weighted by Crippen LogP contribution is 2.51. The molecular formula is C21H33N4O7PS. The molecule has 2 aromatic heterocycles. The molecule has 0 amide bonds. The average molecular weight is 517 g/mol. The Hall–Kier alpha value is -1.24. The number of nitrogens with one attached hydrogen (secondary N) is 1. The summed E-state index contributed by atoms with van der Waals surface area (Å²) in [6, 6.07) is 0. The lowest BCUT2D eigenvalue weighted by Gasteiger charge is -2.25. The van der Waals surface area contributed by atoms with E-state index in [1.54, 1.807) is 6.33 Å². The van der Waals surface area contributed by atoms with Crippen molar-refractivity contribution in [1.82, 2.24) is 19.5 Å². The van der Waals surface area contributed by atoms with Crippen LogP contribution in [0, 0.1) is 4.64 Å². The van der Waals surface area contributed by atoms with E-state index in [0.29, 0.717) is 29.0 Å². The summed E-state index contributed by atoms with van der Waals surface area (Å²) in [5.74, 6) is -0.820. The molecule has 4 unspecified atom stereocenters.